The first kappa shape index (κ1) is 24.8. The predicted octanol–water partition coefficient (Wildman–Crippen LogP) is 5.91. The zero-order chi connectivity index (χ0) is 23.4. The Bertz CT molecular complexity index is 1130. The molecule has 0 bridgehead atoms. The van der Waals surface area contributed by atoms with Gasteiger partial charge in [-0.25, -0.2) is 9.38 Å². The Kier molecular flexibility index (Phi) is 8.19. The number of aromatic nitrogens is 4. The number of rotatable bonds is 11. The highest BCUT2D eigenvalue weighted by Crippen LogP contribution is 2.42. The van der Waals surface area contributed by atoms with E-state index in [1.807, 2.05) is 4.40 Å². The highest BCUT2D eigenvalue weighted by atomic mass is 32.2. The van der Waals surface area contributed by atoms with Crippen molar-refractivity contribution in [3.8, 4) is 0 Å². The summed E-state index contributed by atoms with van der Waals surface area (Å²) in [5, 5.41) is 11.7. The number of unbranched alkanes of at least 4 members (excludes halogenated alkanes) is 2. The third-order valence-electron chi connectivity index (χ3n) is 5.93. The molecule has 4 rings (SSSR count). The summed E-state index contributed by atoms with van der Waals surface area (Å²) in [6, 6.07) is 0. The predicted molar refractivity (Wildman–Crippen MR) is 136 cm³/mol. The molecule has 1 unspecified atom stereocenters. The van der Waals surface area contributed by atoms with Crippen molar-refractivity contribution >= 4 is 56.7 Å². The van der Waals surface area contributed by atoms with Gasteiger partial charge in [-0.15, -0.1) is 21.5 Å². The summed E-state index contributed by atoms with van der Waals surface area (Å²) in [5.74, 6) is 0.956. The molecule has 0 aliphatic carbocycles. The van der Waals surface area contributed by atoms with Crippen molar-refractivity contribution in [2.24, 2.45) is 0 Å². The molecule has 4 heterocycles. The fourth-order valence-electron chi connectivity index (χ4n) is 3.83. The maximum absolute atomic E-state index is 12.2. The summed E-state index contributed by atoms with van der Waals surface area (Å²) in [6.07, 6.45) is 5.92. The van der Waals surface area contributed by atoms with Gasteiger partial charge in [-0.1, -0.05) is 57.1 Å². The highest BCUT2D eigenvalue weighted by molar-refractivity contribution is 8.00. The number of ether oxygens (including phenoxy) is 2. The molecule has 0 spiro atoms. The van der Waals surface area contributed by atoms with Gasteiger partial charge in [0.05, 0.1) is 30.0 Å². The minimum Gasteiger partial charge on any atom is -0.465 e. The molecule has 1 atom stereocenters. The maximum Gasteiger partial charge on any atom is 0.316 e. The molecule has 0 amide bonds. The summed E-state index contributed by atoms with van der Waals surface area (Å²) in [5.41, 5.74) is 1.94. The lowest BCUT2D eigenvalue weighted by Crippen LogP contribution is -2.33. The first-order chi connectivity index (χ1) is 16.0. The third kappa shape index (κ3) is 5.33. The van der Waals surface area contributed by atoms with E-state index in [2.05, 4.69) is 37.9 Å². The van der Waals surface area contributed by atoms with Gasteiger partial charge in [-0.05, 0) is 31.7 Å². The van der Waals surface area contributed by atoms with E-state index in [4.69, 9.17) is 14.5 Å². The number of nitrogens with zero attached hydrogens (tertiary/aromatic N) is 4. The smallest absolute Gasteiger partial charge is 0.316 e. The number of carbonyl (C=O) groups is 1. The molecule has 0 saturated heterocycles. The Morgan fingerprint density at radius 3 is 2.79 bits per heavy atom. The molecule has 10 heteroatoms. The van der Waals surface area contributed by atoms with Crippen molar-refractivity contribution in [3.63, 3.8) is 0 Å². The molecular weight excluding hydrogens is 476 g/mol. The van der Waals surface area contributed by atoms with Gasteiger partial charge in [0.15, 0.2) is 16.0 Å². The number of hydrogen-bond donors (Lipinski definition) is 0. The fourth-order valence-corrected chi connectivity index (χ4v) is 6.62. The summed E-state index contributed by atoms with van der Waals surface area (Å²) < 4.78 is 13.6. The number of hydrogen-bond acceptors (Lipinski definition) is 9. The Morgan fingerprint density at radius 1 is 1.18 bits per heavy atom. The Balaban J connectivity index is 1.67. The van der Waals surface area contributed by atoms with E-state index >= 15 is 0 Å². The molecule has 0 saturated carbocycles. The molecule has 7 nitrogen and oxygen atoms in total. The maximum atomic E-state index is 12.2. The van der Waals surface area contributed by atoms with E-state index < -0.39 is 0 Å². The first-order valence-electron chi connectivity index (χ1n) is 11.7. The van der Waals surface area contributed by atoms with Crippen LogP contribution in [0.5, 0.6) is 0 Å². The number of carbonyl (C=O) groups excluding carboxylic acids is 1. The van der Waals surface area contributed by atoms with Crippen LogP contribution in [-0.2, 0) is 27.3 Å². The van der Waals surface area contributed by atoms with Crippen LogP contribution in [0.3, 0.4) is 0 Å². The normalized spacial score (nSPS) is 18.2. The second kappa shape index (κ2) is 10.9. The lowest BCUT2D eigenvalue weighted by atomic mass is 9.90. The van der Waals surface area contributed by atoms with Crippen LogP contribution < -0.4 is 0 Å². The van der Waals surface area contributed by atoms with Crippen LogP contribution in [0.15, 0.2) is 10.3 Å². The molecular formula is C23H32N4O3S3. The van der Waals surface area contributed by atoms with Crippen molar-refractivity contribution < 1.29 is 14.3 Å². The van der Waals surface area contributed by atoms with Crippen molar-refractivity contribution in [2.45, 2.75) is 88.7 Å². The largest absolute Gasteiger partial charge is 0.465 e. The van der Waals surface area contributed by atoms with E-state index in [9.17, 15) is 4.79 Å². The number of thioether (sulfide) groups is 2. The van der Waals surface area contributed by atoms with Gasteiger partial charge < -0.3 is 9.47 Å². The fraction of sp³-hybridized carbons (Fsp3) is 0.652. The summed E-state index contributed by atoms with van der Waals surface area (Å²) in [6.45, 7) is 9.73. The molecule has 1 aliphatic rings. The highest BCUT2D eigenvalue weighted by Gasteiger charge is 2.33. The Morgan fingerprint density at radius 2 is 2.03 bits per heavy atom. The molecule has 3 aromatic rings. The van der Waals surface area contributed by atoms with Gasteiger partial charge in [-0.2, -0.15) is 0 Å². The van der Waals surface area contributed by atoms with Crippen LogP contribution in [0.25, 0.3) is 15.9 Å². The zero-order valence-corrected chi connectivity index (χ0v) is 22.3. The van der Waals surface area contributed by atoms with Crippen molar-refractivity contribution in [3.05, 3.63) is 10.4 Å². The Hall–Kier alpha value is -1.36. The molecule has 33 heavy (non-hydrogen) atoms. The second-order valence-electron chi connectivity index (χ2n) is 8.55. The van der Waals surface area contributed by atoms with Crippen LogP contribution in [0, 0.1) is 0 Å². The van der Waals surface area contributed by atoms with E-state index in [1.54, 1.807) is 23.1 Å². The van der Waals surface area contributed by atoms with Gasteiger partial charge >= 0.3 is 5.97 Å². The molecule has 0 radical (unpaired) electrons. The summed E-state index contributed by atoms with van der Waals surface area (Å²) in [4.78, 5) is 19.5. The van der Waals surface area contributed by atoms with Gasteiger partial charge in [0.1, 0.15) is 4.83 Å². The molecule has 3 aromatic heterocycles. The lowest BCUT2D eigenvalue weighted by Gasteiger charge is -2.33. The van der Waals surface area contributed by atoms with Crippen LogP contribution >= 0.6 is 34.9 Å². The number of fused-ring (bicyclic) bond motifs is 5. The van der Waals surface area contributed by atoms with E-state index in [0.29, 0.717) is 18.4 Å². The van der Waals surface area contributed by atoms with Crippen molar-refractivity contribution in [1.82, 2.24) is 19.6 Å². The van der Waals surface area contributed by atoms with Gasteiger partial charge in [0.25, 0.3) is 0 Å². The number of thiophene rings is 1. The van der Waals surface area contributed by atoms with Gasteiger partial charge in [0.2, 0.25) is 0 Å². The van der Waals surface area contributed by atoms with Gasteiger partial charge in [-0.3, -0.25) is 4.79 Å². The average Bonchev–Trinajstić information content (AvgIpc) is 3.39. The average molecular weight is 509 g/mol. The standard InChI is InChI=1S/C23H32N4O3S3/c1-5-8-9-10-29-17(28)14-32-22-26-25-19-18-15-12-23(4,7-3)30-13-16(15)33-20(18)24-21(27(19)22)31-11-6-2/h5-14H2,1-4H3. The number of esters is 1. The zero-order valence-electron chi connectivity index (χ0n) is 19.8. The van der Waals surface area contributed by atoms with E-state index in [0.717, 1.165) is 65.3 Å². The quantitative estimate of drug-likeness (QED) is 0.137. The summed E-state index contributed by atoms with van der Waals surface area (Å²) in [7, 11) is 0. The van der Waals surface area contributed by atoms with Crippen LogP contribution in [0.1, 0.15) is 70.2 Å². The molecule has 1 aliphatic heterocycles. The topological polar surface area (TPSA) is 78.6 Å². The second-order valence-corrected chi connectivity index (χ2v) is 11.6. The third-order valence-corrected chi connectivity index (χ3v) is 9.08. The first-order valence-corrected chi connectivity index (χ1v) is 14.5. The molecule has 180 valence electrons. The lowest BCUT2D eigenvalue weighted by molar-refractivity contribution is -0.140. The monoisotopic (exact) mass is 508 g/mol. The molecule has 0 N–H and O–H groups in total. The Labute approximate surface area is 207 Å². The van der Waals surface area contributed by atoms with Gasteiger partial charge in [0, 0.05) is 17.1 Å². The van der Waals surface area contributed by atoms with Crippen LogP contribution in [-0.4, -0.2) is 49.3 Å². The van der Waals surface area contributed by atoms with E-state index in [-0.39, 0.29) is 17.3 Å². The molecule has 0 aromatic carbocycles. The van der Waals surface area contributed by atoms with Crippen molar-refractivity contribution in [1.29, 1.82) is 0 Å². The van der Waals surface area contributed by atoms with E-state index in [1.165, 1.54) is 22.2 Å². The minimum atomic E-state index is -0.214. The van der Waals surface area contributed by atoms with Crippen LogP contribution in [0.2, 0.25) is 0 Å². The minimum absolute atomic E-state index is 0.174. The van der Waals surface area contributed by atoms with Crippen LogP contribution in [0.4, 0.5) is 0 Å². The van der Waals surface area contributed by atoms with Crippen molar-refractivity contribution in [2.75, 3.05) is 18.1 Å². The SMILES string of the molecule is CCCCCOC(=O)CSc1nnc2c3c4c(sc3nc(SCCC)n12)COC(C)(CC)C4. The summed E-state index contributed by atoms with van der Waals surface area (Å²) >= 11 is 4.78. The molecule has 0 fully saturated rings.